The first-order valence-electron chi connectivity index (χ1n) is 8.56. The fraction of sp³-hybridized carbons (Fsp3) is 1.00. The van der Waals surface area contributed by atoms with E-state index in [0.29, 0.717) is 5.54 Å². The summed E-state index contributed by atoms with van der Waals surface area (Å²) in [7, 11) is 0. The van der Waals surface area contributed by atoms with Gasteiger partial charge in [0.05, 0.1) is 0 Å². The van der Waals surface area contributed by atoms with Crippen molar-refractivity contribution < 1.29 is 0 Å². The molecule has 0 aromatic rings. The lowest BCUT2D eigenvalue weighted by molar-refractivity contribution is 0.0609. The van der Waals surface area contributed by atoms with Crippen LogP contribution >= 0.6 is 0 Å². The lowest BCUT2D eigenvalue weighted by atomic mass is 9.86. The van der Waals surface area contributed by atoms with E-state index in [1.807, 2.05) is 0 Å². The highest BCUT2D eigenvalue weighted by Crippen LogP contribution is 2.25. The first kappa shape index (κ1) is 17.0. The molecule has 1 rings (SSSR count). The van der Waals surface area contributed by atoms with E-state index < -0.39 is 0 Å². The molecule has 1 heterocycles. The number of nitrogens with one attached hydrogen (secondary N) is 1. The fourth-order valence-electron chi connectivity index (χ4n) is 3.36. The van der Waals surface area contributed by atoms with Gasteiger partial charge in [-0.3, -0.25) is 4.90 Å². The standard InChI is InChI=1S/C17H36N2/c1-6-9-10-11-19-14-17(7-2,8-3)18-13-16(19)12-15(4)5/h15-16,18H,6-14H2,1-5H3. The van der Waals surface area contributed by atoms with Crippen molar-refractivity contribution in [2.24, 2.45) is 5.92 Å². The Morgan fingerprint density at radius 2 is 1.84 bits per heavy atom. The van der Waals surface area contributed by atoms with Crippen molar-refractivity contribution in [2.75, 3.05) is 19.6 Å². The van der Waals surface area contributed by atoms with Crippen LogP contribution in [0.2, 0.25) is 0 Å². The van der Waals surface area contributed by atoms with Gasteiger partial charge in [-0.05, 0) is 38.1 Å². The van der Waals surface area contributed by atoms with E-state index in [1.165, 1.54) is 58.2 Å². The molecule has 1 atom stereocenters. The summed E-state index contributed by atoms with van der Waals surface area (Å²) >= 11 is 0. The van der Waals surface area contributed by atoms with Crippen LogP contribution in [-0.2, 0) is 0 Å². The van der Waals surface area contributed by atoms with Crippen molar-refractivity contribution in [2.45, 2.75) is 84.7 Å². The Hall–Kier alpha value is -0.0800. The van der Waals surface area contributed by atoms with Gasteiger partial charge in [0.2, 0.25) is 0 Å². The Morgan fingerprint density at radius 1 is 1.16 bits per heavy atom. The van der Waals surface area contributed by atoms with Crippen LogP contribution in [0.15, 0.2) is 0 Å². The second kappa shape index (κ2) is 8.26. The van der Waals surface area contributed by atoms with Crippen LogP contribution in [0.25, 0.3) is 0 Å². The number of nitrogens with zero attached hydrogens (tertiary/aromatic N) is 1. The molecule has 2 nitrogen and oxygen atoms in total. The average molecular weight is 268 g/mol. The number of unbranched alkanes of at least 4 members (excludes halogenated alkanes) is 2. The molecular formula is C17H36N2. The van der Waals surface area contributed by atoms with Gasteiger partial charge in [0.25, 0.3) is 0 Å². The third-order valence-corrected chi connectivity index (χ3v) is 4.88. The molecule has 114 valence electrons. The highest BCUT2D eigenvalue weighted by Gasteiger charge is 2.36. The SMILES string of the molecule is CCCCCN1CC(CC)(CC)NCC1CC(C)C. The lowest BCUT2D eigenvalue weighted by Gasteiger charge is -2.48. The molecule has 0 radical (unpaired) electrons. The van der Waals surface area contributed by atoms with Gasteiger partial charge in [-0.1, -0.05) is 47.5 Å². The lowest BCUT2D eigenvalue weighted by Crippen LogP contribution is -2.64. The molecule has 0 bridgehead atoms. The van der Waals surface area contributed by atoms with Crippen molar-refractivity contribution in [3.63, 3.8) is 0 Å². The molecule has 1 fully saturated rings. The summed E-state index contributed by atoms with van der Waals surface area (Å²) in [6.45, 7) is 15.4. The van der Waals surface area contributed by atoms with Crippen LogP contribution in [0.3, 0.4) is 0 Å². The minimum atomic E-state index is 0.375. The molecule has 1 unspecified atom stereocenters. The van der Waals surface area contributed by atoms with E-state index in [0.717, 1.165) is 12.0 Å². The van der Waals surface area contributed by atoms with Crippen molar-refractivity contribution in [1.29, 1.82) is 0 Å². The van der Waals surface area contributed by atoms with Gasteiger partial charge < -0.3 is 5.32 Å². The molecule has 1 saturated heterocycles. The number of hydrogen-bond donors (Lipinski definition) is 1. The van der Waals surface area contributed by atoms with Crippen molar-refractivity contribution in [3.05, 3.63) is 0 Å². The van der Waals surface area contributed by atoms with Crippen LogP contribution in [0, 0.1) is 5.92 Å². The summed E-state index contributed by atoms with van der Waals surface area (Å²) in [6, 6.07) is 0.753. The molecule has 0 amide bonds. The highest BCUT2D eigenvalue weighted by atomic mass is 15.2. The Kier molecular flexibility index (Phi) is 7.38. The first-order valence-corrected chi connectivity index (χ1v) is 8.56. The zero-order chi connectivity index (χ0) is 14.3. The molecule has 1 aliphatic heterocycles. The van der Waals surface area contributed by atoms with E-state index in [9.17, 15) is 0 Å². The predicted molar refractivity (Wildman–Crippen MR) is 85.7 cm³/mol. The van der Waals surface area contributed by atoms with Crippen molar-refractivity contribution in [1.82, 2.24) is 10.2 Å². The average Bonchev–Trinajstić information content (AvgIpc) is 2.40. The summed E-state index contributed by atoms with van der Waals surface area (Å²) in [6.07, 6.45) is 7.92. The molecule has 0 aromatic carbocycles. The molecule has 0 aromatic heterocycles. The minimum absolute atomic E-state index is 0.375. The molecule has 19 heavy (non-hydrogen) atoms. The molecular weight excluding hydrogens is 232 g/mol. The molecule has 0 saturated carbocycles. The maximum Gasteiger partial charge on any atom is 0.0304 e. The second-order valence-corrected chi connectivity index (χ2v) is 6.83. The third kappa shape index (κ3) is 5.07. The van der Waals surface area contributed by atoms with Gasteiger partial charge in [-0.15, -0.1) is 0 Å². The number of rotatable bonds is 8. The normalized spacial score (nSPS) is 24.0. The van der Waals surface area contributed by atoms with Crippen LogP contribution in [0.5, 0.6) is 0 Å². The number of hydrogen-bond acceptors (Lipinski definition) is 2. The minimum Gasteiger partial charge on any atom is -0.308 e. The van der Waals surface area contributed by atoms with E-state index >= 15 is 0 Å². The molecule has 0 aliphatic carbocycles. The van der Waals surface area contributed by atoms with Gasteiger partial charge in [-0.2, -0.15) is 0 Å². The van der Waals surface area contributed by atoms with Crippen LogP contribution in [-0.4, -0.2) is 36.1 Å². The number of piperazine rings is 1. The summed E-state index contributed by atoms with van der Waals surface area (Å²) < 4.78 is 0. The van der Waals surface area contributed by atoms with Crippen molar-refractivity contribution >= 4 is 0 Å². The third-order valence-electron chi connectivity index (χ3n) is 4.88. The molecule has 2 heteroatoms. The summed E-state index contributed by atoms with van der Waals surface area (Å²) in [4.78, 5) is 2.79. The first-order chi connectivity index (χ1) is 9.06. The van der Waals surface area contributed by atoms with Gasteiger partial charge >= 0.3 is 0 Å². The van der Waals surface area contributed by atoms with E-state index in [2.05, 4.69) is 44.8 Å². The quantitative estimate of drug-likeness (QED) is 0.668. The monoisotopic (exact) mass is 268 g/mol. The van der Waals surface area contributed by atoms with Gasteiger partial charge in [-0.25, -0.2) is 0 Å². The van der Waals surface area contributed by atoms with Crippen LogP contribution < -0.4 is 5.32 Å². The van der Waals surface area contributed by atoms with E-state index in [-0.39, 0.29) is 0 Å². The highest BCUT2D eigenvalue weighted by molar-refractivity contribution is 4.96. The summed E-state index contributed by atoms with van der Waals surface area (Å²) in [5.41, 5.74) is 0.375. The molecule has 1 aliphatic rings. The summed E-state index contributed by atoms with van der Waals surface area (Å²) in [5.74, 6) is 0.802. The Balaban J connectivity index is 2.62. The Bertz CT molecular complexity index is 233. The fourth-order valence-corrected chi connectivity index (χ4v) is 3.36. The predicted octanol–water partition coefficient (Wildman–Crippen LogP) is 4.06. The maximum absolute atomic E-state index is 3.87. The Labute approximate surface area is 121 Å². The van der Waals surface area contributed by atoms with Crippen molar-refractivity contribution in [3.8, 4) is 0 Å². The van der Waals surface area contributed by atoms with E-state index in [4.69, 9.17) is 0 Å². The maximum atomic E-state index is 3.87. The molecule has 1 N–H and O–H groups in total. The topological polar surface area (TPSA) is 15.3 Å². The van der Waals surface area contributed by atoms with Gasteiger partial charge in [0, 0.05) is 24.7 Å². The molecule has 0 spiro atoms. The zero-order valence-electron chi connectivity index (χ0n) is 14.0. The van der Waals surface area contributed by atoms with E-state index in [1.54, 1.807) is 0 Å². The van der Waals surface area contributed by atoms with Crippen LogP contribution in [0.1, 0.15) is 73.1 Å². The largest absolute Gasteiger partial charge is 0.308 e. The van der Waals surface area contributed by atoms with Gasteiger partial charge in [0.1, 0.15) is 0 Å². The Morgan fingerprint density at radius 3 is 2.37 bits per heavy atom. The smallest absolute Gasteiger partial charge is 0.0304 e. The van der Waals surface area contributed by atoms with Gasteiger partial charge in [0.15, 0.2) is 0 Å². The van der Waals surface area contributed by atoms with Crippen LogP contribution in [0.4, 0.5) is 0 Å². The zero-order valence-corrected chi connectivity index (χ0v) is 14.0. The summed E-state index contributed by atoms with van der Waals surface area (Å²) in [5, 5.41) is 3.87. The second-order valence-electron chi connectivity index (χ2n) is 6.83.